The fraction of sp³-hybridized carbons (Fsp3) is 0.636. The number of thioether (sulfide) groups is 1. The van der Waals surface area contributed by atoms with E-state index < -0.39 is 0 Å². The first-order valence-electron chi connectivity index (χ1n) is 4.70. The maximum atomic E-state index is 4.07. The normalized spacial score (nSPS) is 18.5. The van der Waals surface area contributed by atoms with Crippen molar-refractivity contribution in [2.24, 2.45) is 5.41 Å². The van der Waals surface area contributed by atoms with Crippen LogP contribution in [0.4, 0.5) is 0 Å². The number of hydrogen-bond acceptors (Lipinski definition) is 2. The van der Waals surface area contributed by atoms with Crippen LogP contribution < -0.4 is 0 Å². The Morgan fingerprint density at radius 1 is 1.46 bits per heavy atom. The average Bonchev–Trinajstić information content (AvgIpc) is 2.50. The van der Waals surface area contributed by atoms with Crippen LogP contribution >= 0.6 is 11.8 Å². The summed E-state index contributed by atoms with van der Waals surface area (Å²) in [6.07, 6.45) is 4.37. The largest absolute Gasteiger partial charge is 0.362 e. The smallest absolute Gasteiger partial charge is 0.0640 e. The third-order valence-corrected chi connectivity index (χ3v) is 2.90. The molecule has 1 aliphatic rings. The molecule has 1 heterocycles. The second-order valence-electron chi connectivity index (χ2n) is 4.49. The predicted octanol–water partition coefficient (Wildman–Crippen LogP) is 3.11. The van der Waals surface area contributed by atoms with Crippen LogP contribution in [0.1, 0.15) is 20.8 Å². The zero-order valence-electron chi connectivity index (χ0n) is 8.84. The molecule has 0 aromatic heterocycles. The van der Waals surface area contributed by atoms with Gasteiger partial charge in [0.05, 0.1) is 5.88 Å². The lowest BCUT2D eigenvalue weighted by Gasteiger charge is -2.18. The number of allylic oxidation sites excluding steroid dienone is 2. The Morgan fingerprint density at radius 3 is 2.62 bits per heavy atom. The van der Waals surface area contributed by atoms with Crippen molar-refractivity contribution in [3.63, 3.8) is 0 Å². The molecule has 0 spiro atoms. The van der Waals surface area contributed by atoms with Gasteiger partial charge in [-0.2, -0.15) is 0 Å². The second kappa shape index (κ2) is 4.23. The molecule has 0 atom stereocenters. The van der Waals surface area contributed by atoms with E-state index in [4.69, 9.17) is 0 Å². The molecule has 74 valence electrons. The minimum atomic E-state index is 0.260. The van der Waals surface area contributed by atoms with Gasteiger partial charge in [0.15, 0.2) is 0 Å². The minimum Gasteiger partial charge on any atom is -0.362 e. The van der Waals surface area contributed by atoms with Crippen LogP contribution in [0.3, 0.4) is 0 Å². The van der Waals surface area contributed by atoms with Gasteiger partial charge in [-0.1, -0.05) is 33.4 Å². The van der Waals surface area contributed by atoms with Crippen LogP contribution in [0.25, 0.3) is 0 Å². The zero-order valence-corrected chi connectivity index (χ0v) is 9.66. The van der Waals surface area contributed by atoms with E-state index in [1.54, 1.807) is 0 Å². The van der Waals surface area contributed by atoms with E-state index in [-0.39, 0.29) is 5.41 Å². The Morgan fingerprint density at radius 2 is 2.15 bits per heavy atom. The zero-order chi connectivity index (χ0) is 9.90. The van der Waals surface area contributed by atoms with Crippen molar-refractivity contribution < 1.29 is 0 Å². The number of nitrogens with zero attached hydrogens (tertiary/aromatic N) is 1. The van der Waals surface area contributed by atoms with Gasteiger partial charge < -0.3 is 4.90 Å². The van der Waals surface area contributed by atoms with Crippen molar-refractivity contribution in [3.8, 4) is 0 Å². The van der Waals surface area contributed by atoms with Crippen molar-refractivity contribution in [2.75, 3.05) is 18.2 Å². The highest BCUT2D eigenvalue weighted by Crippen LogP contribution is 2.21. The van der Waals surface area contributed by atoms with Gasteiger partial charge in [-0.05, 0) is 11.5 Å². The van der Waals surface area contributed by atoms with Gasteiger partial charge in [-0.15, -0.1) is 11.8 Å². The van der Waals surface area contributed by atoms with Crippen LogP contribution in [0.5, 0.6) is 0 Å². The van der Waals surface area contributed by atoms with Gasteiger partial charge >= 0.3 is 0 Å². The fourth-order valence-corrected chi connectivity index (χ4v) is 2.09. The monoisotopic (exact) mass is 197 g/mol. The highest BCUT2D eigenvalue weighted by molar-refractivity contribution is 7.99. The SMILES string of the molecule is C=C(/C=C/C(C)(C)C)N1CCSC1. The first kappa shape index (κ1) is 10.7. The third kappa shape index (κ3) is 3.90. The Hall–Kier alpha value is -0.370. The van der Waals surface area contributed by atoms with E-state index >= 15 is 0 Å². The van der Waals surface area contributed by atoms with Crippen LogP contribution in [0.15, 0.2) is 24.4 Å². The van der Waals surface area contributed by atoms with Gasteiger partial charge in [0.1, 0.15) is 0 Å². The molecule has 1 nitrogen and oxygen atoms in total. The van der Waals surface area contributed by atoms with Gasteiger partial charge in [0.25, 0.3) is 0 Å². The molecule has 0 aromatic carbocycles. The van der Waals surface area contributed by atoms with Crippen LogP contribution in [0, 0.1) is 5.41 Å². The molecule has 1 saturated heterocycles. The van der Waals surface area contributed by atoms with E-state index in [1.807, 2.05) is 11.8 Å². The van der Waals surface area contributed by atoms with Crippen molar-refractivity contribution in [2.45, 2.75) is 20.8 Å². The lowest BCUT2D eigenvalue weighted by molar-refractivity contribution is 0.460. The summed E-state index contributed by atoms with van der Waals surface area (Å²) < 4.78 is 0. The molecule has 0 aromatic rings. The van der Waals surface area contributed by atoms with Crippen LogP contribution in [0.2, 0.25) is 0 Å². The molecule has 1 aliphatic heterocycles. The molecule has 0 saturated carbocycles. The summed E-state index contributed by atoms with van der Waals surface area (Å²) in [5.74, 6) is 2.34. The molecule has 0 aliphatic carbocycles. The minimum absolute atomic E-state index is 0.260. The Kier molecular flexibility index (Phi) is 3.48. The predicted molar refractivity (Wildman–Crippen MR) is 61.8 cm³/mol. The summed E-state index contributed by atoms with van der Waals surface area (Å²) in [5, 5.41) is 0. The summed E-state index contributed by atoms with van der Waals surface area (Å²) in [6.45, 7) is 11.8. The van der Waals surface area contributed by atoms with Crippen molar-refractivity contribution in [1.82, 2.24) is 4.90 Å². The standard InChI is InChI=1S/C11H19NS/c1-10(5-6-11(2,3)4)12-7-8-13-9-12/h5-6H,1,7-9H2,2-4H3/b6-5+. The Bertz CT molecular complexity index is 207. The molecule has 13 heavy (non-hydrogen) atoms. The summed E-state index contributed by atoms with van der Waals surface area (Å²) >= 11 is 1.98. The van der Waals surface area contributed by atoms with Gasteiger partial charge in [-0.3, -0.25) is 0 Å². The highest BCUT2D eigenvalue weighted by atomic mass is 32.2. The molecular weight excluding hydrogens is 178 g/mol. The van der Waals surface area contributed by atoms with Crippen molar-refractivity contribution >= 4 is 11.8 Å². The third-order valence-electron chi connectivity index (χ3n) is 1.93. The number of hydrogen-bond donors (Lipinski definition) is 0. The van der Waals surface area contributed by atoms with Crippen LogP contribution in [-0.4, -0.2) is 23.1 Å². The summed E-state index contributed by atoms with van der Waals surface area (Å²) in [7, 11) is 0. The quantitative estimate of drug-likeness (QED) is 0.626. The first-order valence-corrected chi connectivity index (χ1v) is 5.85. The molecule has 0 radical (unpaired) electrons. The van der Waals surface area contributed by atoms with E-state index in [0.717, 1.165) is 18.1 Å². The fourth-order valence-electron chi connectivity index (χ4n) is 1.09. The molecule has 2 heteroatoms. The highest BCUT2D eigenvalue weighted by Gasteiger charge is 2.12. The molecule has 0 unspecified atom stereocenters. The topological polar surface area (TPSA) is 3.24 Å². The molecule has 1 fully saturated rings. The second-order valence-corrected chi connectivity index (χ2v) is 5.57. The average molecular weight is 197 g/mol. The number of rotatable bonds is 2. The van der Waals surface area contributed by atoms with E-state index in [2.05, 4.69) is 44.4 Å². The molecule has 0 amide bonds. The summed E-state index contributed by atoms with van der Waals surface area (Å²) in [6, 6.07) is 0. The maximum Gasteiger partial charge on any atom is 0.0640 e. The Labute approximate surface area is 85.9 Å². The Balaban J connectivity index is 2.44. The first-order chi connectivity index (χ1) is 5.99. The molecule has 0 bridgehead atoms. The molecular formula is C11H19NS. The van der Waals surface area contributed by atoms with E-state index in [0.29, 0.717) is 0 Å². The van der Waals surface area contributed by atoms with Gasteiger partial charge in [-0.25, -0.2) is 0 Å². The lowest BCUT2D eigenvalue weighted by atomic mass is 9.96. The summed E-state index contributed by atoms with van der Waals surface area (Å²) in [5.41, 5.74) is 1.41. The maximum absolute atomic E-state index is 4.07. The van der Waals surface area contributed by atoms with E-state index in [1.165, 1.54) is 5.75 Å². The van der Waals surface area contributed by atoms with Gasteiger partial charge in [0.2, 0.25) is 0 Å². The lowest BCUT2D eigenvalue weighted by Crippen LogP contribution is -2.16. The van der Waals surface area contributed by atoms with Crippen molar-refractivity contribution in [3.05, 3.63) is 24.4 Å². The van der Waals surface area contributed by atoms with Crippen molar-refractivity contribution in [1.29, 1.82) is 0 Å². The summed E-state index contributed by atoms with van der Waals surface area (Å²) in [4.78, 5) is 2.33. The molecule has 0 N–H and O–H groups in total. The van der Waals surface area contributed by atoms with Crippen LogP contribution in [-0.2, 0) is 0 Å². The van der Waals surface area contributed by atoms with Gasteiger partial charge in [0, 0.05) is 18.0 Å². The molecule has 1 rings (SSSR count). The van der Waals surface area contributed by atoms with E-state index in [9.17, 15) is 0 Å².